The molecule has 3 N–H and O–H groups in total. The number of benzene rings is 1. The molecule has 1 aromatic heterocycles. The molecule has 9 heteroatoms. The first-order valence-corrected chi connectivity index (χ1v) is 9.36. The molecule has 0 bridgehead atoms. The van der Waals surface area contributed by atoms with E-state index in [1.807, 2.05) is 0 Å². The number of aromatic nitrogens is 1. The lowest BCUT2D eigenvalue weighted by atomic mass is 10.2. The average molecular weight is 395 g/mol. The van der Waals surface area contributed by atoms with E-state index in [2.05, 4.69) is 20.9 Å². The number of hydrogen-bond donors (Lipinski definition) is 3. The average Bonchev–Trinajstić information content (AvgIpc) is 2.88. The first kappa shape index (κ1) is 18.6. The van der Waals surface area contributed by atoms with Crippen LogP contribution >= 0.6 is 22.9 Å². The maximum Gasteiger partial charge on any atom is 0.263 e. The quantitative estimate of drug-likeness (QED) is 0.714. The molecule has 1 unspecified atom stereocenters. The second kappa shape index (κ2) is 8.48. The van der Waals surface area contributed by atoms with Crippen LogP contribution in [0.4, 0.5) is 0 Å². The minimum Gasteiger partial charge on any atom is -0.486 e. The first-order chi connectivity index (χ1) is 12.5. The summed E-state index contributed by atoms with van der Waals surface area (Å²) in [6.07, 6.45) is 0. The minimum atomic E-state index is -0.597. The fourth-order valence-electron chi connectivity index (χ4n) is 2.48. The number of halogens is 1. The van der Waals surface area contributed by atoms with Gasteiger partial charge in [-0.05, 0) is 31.2 Å². The SMILES string of the molecule is Cc1nc(COc2ccc(Cl)cc2)sc1C(=O)NC1CNCCNC1=O. The van der Waals surface area contributed by atoms with Gasteiger partial charge in [-0.25, -0.2) is 4.98 Å². The van der Waals surface area contributed by atoms with E-state index in [1.165, 1.54) is 11.3 Å². The summed E-state index contributed by atoms with van der Waals surface area (Å²) in [4.78, 5) is 29.3. The Morgan fingerprint density at radius 1 is 1.38 bits per heavy atom. The van der Waals surface area contributed by atoms with Crippen LogP contribution in [-0.2, 0) is 11.4 Å². The van der Waals surface area contributed by atoms with Gasteiger partial charge in [0.2, 0.25) is 5.91 Å². The molecule has 3 rings (SSSR count). The summed E-state index contributed by atoms with van der Waals surface area (Å²) < 4.78 is 5.66. The van der Waals surface area contributed by atoms with Gasteiger partial charge in [0, 0.05) is 24.7 Å². The number of thiazole rings is 1. The third kappa shape index (κ3) is 4.72. The molecule has 26 heavy (non-hydrogen) atoms. The Bertz CT molecular complexity index is 794. The smallest absolute Gasteiger partial charge is 0.263 e. The molecule has 2 heterocycles. The fourth-order valence-corrected chi connectivity index (χ4v) is 3.48. The maximum absolute atomic E-state index is 12.5. The third-order valence-corrected chi connectivity index (χ3v) is 5.18. The van der Waals surface area contributed by atoms with E-state index in [9.17, 15) is 9.59 Å². The number of nitrogens with zero attached hydrogens (tertiary/aromatic N) is 1. The van der Waals surface area contributed by atoms with Crippen LogP contribution in [0.15, 0.2) is 24.3 Å². The highest BCUT2D eigenvalue weighted by atomic mass is 35.5. The Morgan fingerprint density at radius 2 is 2.15 bits per heavy atom. The van der Waals surface area contributed by atoms with Crippen LogP contribution in [-0.4, -0.2) is 42.5 Å². The second-order valence-electron chi connectivity index (χ2n) is 5.79. The van der Waals surface area contributed by atoms with Crippen LogP contribution in [0.25, 0.3) is 0 Å². The number of amides is 2. The molecule has 1 saturated heterocycles. The van der Waals surface area contributed by atoms with Crippen molar-refractivity contribution in [1.82, 2.24) is 20.9 Å². The Morgan fingerprint density at radius 3 is 2.92 bits per heavy atom. The van der Waals surface area contributed by atoms with Crippen molar-refractivity contribution in [3.8, 4) is 5.75 Å². The van der Waals surface area contributed by atoms with Gasteiger partial charge in [0.1, 0.15) is 28.3 Å². The van der Waals surface area contributed by atoms with E-state index in [0.29, 0.717) is 46.0 Å². The zero-order chi connectivity index (χ0) is 18.5. The molecule has 0 saturated carbocycles. The molecule has 1 fully saturated rings. The van der Waals surface area contributed by atoms with Crippen LogP contribution in [0.2, 0.25) is 5.02 Å². The summed E-state index contributed by atoms with van der Waals surface area (Å²) in [5.41, 5.74) is 0.615. The highest BCUT2D eigenvalue weighted by Gasteiger charge is 2.25. The summed E-state index contributed by atoms with van der Waals surface area (Å²) in [5, 5.41) is 9.95. The third-order valence-electron chi connectivity index (χ3n) is 3.79. The molecular weight excluding hydrogens is 376 g/mol. The molecule has 0 spiro atoms. The Balaban J connectivity index is 1.62. The van der Waals surface area contributed by atoms with Crippen molar-refractivity contribution in [3.63, 3.8) is 0 Å². The normalized spacial score (nSPS) is 17.3. The Kier molecular flexibility index (Phi) is 6.08. The molecule has 2 amide bonds. The highest BCUT2D eigenvalue weighted by molar-refractivity contribution is 7.13. The summed E-state index contributed by atoms with van der Waals surface area (Å²) in [7, 11) is 0. The van der Waals surface area contributed by atoms with Gasteiger partial charge in [0.25, 0.3) is 5.91 Å². The second-order valence-corrected chi connectivity index (χ2v) is 7.31. The van der Waals surface area contributed by atoms with Crippen LogP contribution in [0.5, 0.6) is 5.75 Å². The number of nitrogens with one attached hydrogen (secondary N) is 3. The van der Waals surface area contributed by atoms with Crippen molar-refractivity contribution in [3.05, 3.63) is 44.9 Å². The minimum absolute atomic E-state index is 0.184. The molecule has 0 radical (unpaired) electrons. The van der Waals surface area contributed by atoms with E-state index in [1.54, 1.807) is 31.2 Å². The molecule has 0 aliphatic carbocycles. The number of hydrogen-bond acceptors (Lipinski definition) is 6. The van der Waals surface area contributed by atoms with E-state index >= 15 is 0 Å². The number of carbonyl (C=O) groups excluding carboxylic acids is 2. The van der Waals surface area contributed by atoms with Gasteiger partial charge in [0.05, 0.1) is 5.69 Å². The zero-order valence-electron chi connectivity index (χ0n) is 14.2. The molecule has 1 aliphatic rings. The van der Waals surface area contributed by atoms with Crippen molar-refractivity contribution in [1.29, 1.82) is 0 Å². The van der Waals surface area contributed by atoms with Crippen molar-refractivity contribution in [2.24, 2.45) is 0 Å². The van der Waals surface area contributed by atoms with Crippen molar-refractivity contribution in [2.75, 3.05) is 19.6 Å². The number of aryl methyl sites for hydroxylation is 1. The van der Waals surface area contributed by atoms with E-state index < -0.39 is 6.04 Å². The highest BCUT2D eigenvalue weighted by Crippen LogP contribution is 2.21. The predicted molar refractivity (Wildman–Crippen MR) is 99.8 cm³/mol. The van der Waals surface area contributed by atoms with Crippen LogP contribution < -0.4 is 20.7 Å². The van der Waals surface area contributed by atoms with Crippen LogP contribution in [0.3, 0.4) is 0 Å². The molecule has 1 aliphatic heterocycles. The summed E-state index contributed by atoms with van der Waals surface area (Å²) in [6.45, 7) is 3.66. The zero-order valence-corrected chi connectivity index (χ0v) is 15.7. The molecular formula is C17H19ClN4O3S. The van der Waals surface area contributed by atoms with Gasteiger partial charge in [0.15, 0.2) is 0 Å². The van der Waals surface area contributed by atoms with Crippen molar-refractivity contribution >= 4 is 34.8 Å². The molecule has 2 aromatic rings. The topological polar surface area (TPSA) is 92.3 Å². The van der Waals surface area contributed by atoms with Gasteiger partial charge in [-0.1, -0.05) is 11.6 Å². The number of carbonyl (C=O) groups is 2. The van der Waals surface area contributed by atoms with Gasteiger partial charge >= 0.3 is 0 Å². The molecule has 1 aromatic carbocycles. The lowest BCUT2D eigenvalue weighted by Gasteiger charge is -2.14. The van der Waals surface area contributed by atoms with Crippen molar-refractivity contribution < 1.29 is 14.3 Å². The van der Waals surface area contributed by atoms with E-state index in [4.69, 9.17) is 16.3 Å². The lowest BCUT2D eigenvalue weighted by Crippen LogP contribution is -2.48. The van der Waals surface area contributed by atoms with E-state index in [-0.39, 0.29) is 18.4 Å². The van der Waals surface area contributed by atoms with Crippen molar-refractivity contribution in [2.45, 2.75) is 19.6 Å². The fraction of sp³-hybridized carbons (Fsp3) is 0.353. The van der Waals surface area contributed by atoms with Gasteiger partial charge < -0.3 is 20.7 Å². The summed E-state index contributed by atoms with van der Waals surface area (Å²) >= 11 is 7.10. The standard InChI is InChI=1S/C17H19ClN4O3S/c1-10-15(17(24)22-13-8-19-6-7-20-16(13)23)26-14(21-10)9-25-12-4-2-11(18)3-5-12/h2-5,13,19H,6-9H2,1H3,(H,20,23)(H,22,24). The van der Waals surface area contributed by atoms with Gasteiger partial charge in [-0.2, -0.15) is 0 Å². The summed E-state index contributed by atoms with van der Waals surface area (Å²) in [5.74, 6) is 0.188. The molecule has 7 nitrogen and oxygen atoms in total. The lowest BCUT2D eigenvalue weighted by molar-refractivity contribution is -0.122. The maximum atomic E-state index is 12.5. The Hall–Kier alpha value is -2.16. The molecule has 1 atom stereocenters. The summed E-state index contributed by atoms with van der Waals surface area (Å²) in [6, 6.07) is 6.44. The number of rotatable bonds is 5. The van der Waals surface area contributed by atoms with E-state index in [0.717, 1.165) is 0 Å². The number of ether oxygens (including phenoxy) is 1. The largest absolute Gasteiger partial charge is 0.486 e. The van der Waals surface area contributed by atoms with Crippen LogP contribution in [0.1, 0.15) is 20.4 Å². The predicted octanol–water partition coefficient (Wildman–Crippen LogP) is 1.50. The van der Waals surface area contributed by atoms with Gasteiger partial charge in [-0.3, -0.25) is 9.59 Å². The van der Waals surface area contributed by atoms with Gasteiger partial charge in [-0.15, -0.1) is 11.3 Å². The Labute approximate surface area is 160 Å². The first-order valence-electron chi connectivity index (χ1n) is 8.17. The molecule has 138 valence electrons. The monoisotopic (exact) mass is 394 g/mol. The van der Waals surface area contributed by atoms with Crippen LogP contribution in [0, 0.1) is 6.92 Å².